The second-order valence-corrected chi connectivity index (χ2v) is 15.6. The van der Waals surface area contributed by atoms with Gasteiger partial charge in [-0.3, -0.25) is 14.4 Å². The summed E-state index contributed by atoms with van der Waals surface area (Å²) in [5.74, 6) is -2.27. The van der Waals surface area contributed by atoms with Crippen molar-refractivity contribution in [3.8, 4) is 5.75 Å². The predicted molar refractivity (Wildman–Crippen MR) is 201 cm³/mol. The van der Waals surface area contributed by atoms with Crippen molar-refractivity contribution >= 4 is 23.7 Å². The van der Waals surface area contributed by atoms with Crippen molar-refractivity contribution in [2.45, 2.75) is 134 Å². The van der Waals surface area contributed by atoms with E-state index in [9.17, 15) is 39.6 Å². The molecule has 56 heavy (non-hydrogen) atoms. The molecule has 4 aliphatic rings. The maximum atomic E-state index is 13.4. The molecule has 4 heterocycles. The number of carboxylic acid groups (broad SMARTS) is 1. The Labute approximate surface area is 326 Å². The molecule has 4 bridgehead atoms. The van der Waals surface area contributed by atoms with Crippen molar-refractivity contribution in [3.63, 3.8) is 0 Å². The highest BCUT2D eigenvalue weighted by atomic mass is 16.6. The fourth-order valence-corrected chi connectivity index (χ4v) is 7.82. The van der Waals surface area contributed by atoms with Crippen LogP contribution in [0.15, 0.2) is 18.3 Å². The zero-order chi connectivity index (χ0) is 40.4. The van der Waals surface area contributed by atoms with Crippen molar-refractivity contribution in [2.75, 3.05) is 32.9 Å². The van der Waals surface area contributed by atoms with Gasteiger partial charge in [-0.2, -0.15) is 0 Å². The Bertz CT molecular complexity index is 1640. The summed E-state index contributed by atoms with van der Waals surface area (Å²) in [6, 6.07) is 1.92. The van der Waals surface area contributed by atoms with Gasteiger partial charge in [-0.25, -0.2) is 9.48 Å². The average Bonchev–Trinajstić information content (AvgIpc) is 3.64. The second kappa shape index (κ2) is 19.8. The highest BCUT2D eigenvalue weighted by Crippen LogP contribution is 2.36. The molecule has 0 spiro atoms. The summed E-state index contributed by atoms with van der Waals surface area (Å²) < 4.78 is 19.2. The lowest BCUT2D eigenvalue weighted by molar-refractivity contribution is -0.229. The Morgan fingerprint density at radius 3 is 2.43 bits per heavy atom. The molecule has 1 saturated heterocycles. The number of carbonyl (C=O) groups excluding carboxylic acids is 3. The Morgan fingerprint density at radius 2 is 1.71 bits per heavy atom. The van der Waals surface area contributed by atoms with Crippen LogP contribution in [0.5, 0.6) is 5.75 Å². The number of rotatable bonds is 5. The molecule has 7 N–H and O–H groups in total. The van der Waals surface area contributed by atoms with Gasteiger partial charge in [0.1, 0.15) is 24.5 Å². The van der Waals surface area contributed by atoms with Crippen molar-refractivity contribution in [3.05, 3.63) is 40.7 Å². The van der Waals surface area contributed by atoms with E-state index >= 15 is 0 Å². The number of aliphatic hydroxyl groups excluding tert-OH is 3. The van der Waals surface area contributed by atoms with Gasteiger partial charge in [-0.1, -0.05) is 31.4 Å². The third kappa shape index (κ3) is 11.0. The minimum atomic E-state index is -1.99. The molecule has 3 aliphatic heterocycles. The molecule has 2 aromatic rings. The maximum Gasteiger partial charge on any atom is 0.336 e. The van der Waals surface area contributed by atoms with Crippen LogP contribution in [0.25, 0.3) is 0 Å². The molecule has 1 aromatic carbocycles. The van der Waals surface area contributed by atoms with Gasteiger partial charge in [-0.05, 0) is 75.6 Å². The number of aromatic nitrogens is 3. The number of carboxylic acids is 1. The lowest BCUT2D eigenvalue weighted by atomic mass is 9.81. The van der Waals surface area contributed by atoms with Crippen LogP contribution in [0.1, 0.15) is 104 Å². The van der Waals surface area contributed by atoms with Crippen molar-refractivity contribution in [1.29, 1.82) is 0 Å². The highest BCUT2D eigenvalue weighted by molar-refractivity contribution is 5.95. The lowest BCUT2D eigenvalue weighted by Crippen LogP contribution is -2.67. The number of carbonyl (C=O) groups is 4. The summed E-state index contributed by atoms with van der Waals surface area (Å²) >= 11 is 0. The van der Waals surface area contributed by atoms with E-state index in [4.69, 9.17) is 14.2 Å². The third-order valence-corrected chi connectivity index (χ3v) is 11.0. The maximum absolute atomic E-state index is 13.4. The smallest absolute Gasteiger partial charge is 0.336 e. The molecule has 17 heteroatoms. The number of aliphatic hydroxyl groups is 3. The van der Waals surface area contributed by atoms with Gasteiger partial charge in [0.2, 0.25) is 11.8 Å². The molecule has 7 atom stereocenters. The molecule has 0 unspecified atom stereocenters. The Kier molecular flexibility index (Phi) is 15.2. The fourth-order valence-electron chi connectivity index (χ4n) is 7.82. The Morgan fingerprint density at radius 1 is 0.982 bits per heavy atom. The van der Waals surface area contributed by atoms with E-state index in [-0.39, 0.29) is 50.0 Å². The minimum absolute atomic E-state index is 0.0881. The van der Waals surface area contributed by atoms with Crippen LogP contribution in [-0.4, -0.2) is 128 Å². The van der Waals surface area contributed by atoms with E-state index in [1.54, 1.807) is 39.1 Å². The van der Waals surface area contributed by atoms with Crippen molar-refractivity contribution in [1.82, 2.24) is 30.9 Å². The van der Waals surface area contributed by atoms with Crippen molar-refractivity contribution < 1.29 is 53.8 Å². The van der Waals surface area contributed by atoms with Crippen LogP contribution in [0.2, 0.25) is 0 Å². The number of benzene rings is 1. The van der Waals surface area contributed by atoms with E-state index in [0.29, 0.717) is 42.9 Å². The van der Waals surface area contributed by atoms with E-state index in [0.717, 1.165) is 31.4 Å². The third-order valence-electron chi connectivity index (χ3n) is 11.0. The van der Waals surface area contributed by atoms with Crippen LogP contribution < -0.4 is 20.7 Å². The summed E-state index contributed by atoms with van der Waals surface area (Å²) in [6.07, 6.45) is 1.15. The van der Waals surface area contributed by atoms with Gasteiger partial charge >= 0.3 is 5.97 Å². The molecule has 1 aromatic heterocycles. The molecule has 2 fully saturated rings. The van der Waals surface area contributed by atoms with Crippen LogP contribution in [0, 0.1) is 19.8 Å². The zero-order valence-electron chi connectivity index (χ0n) is 32.6. The zero-order valence-corrected chi connectivity index (χ0v) is 32.6. The predicted octanol–water partition coefficient (Wildman–Crippen LogP) is 1.27. The summed E-state index contributed by atoms with van der Waals surface area (Å²) in [6.45, 7) is 5.72. The van der Waals surface area contributed by atoms with E-state index in [1.807, 2.05) is 0 Å². The van der Waals surface area contributed by atoms with Crippen LogP contribution >= 0.6 is 0 Å². The first-order valence-electron chi connectivity index (χ1n) is 19.8. The van der Waals surface area contributed by atoms with Gasteiger partial charge in [0.15, 0.2) is 5.60 Å². The van der Waals surface area contributed by atoms with Crippen LogP contribution in [-0.2, 0) is 30.4 Å². The standard InChI is InChI=1S/C39H58N6O11/c1-23-16-27-17-24(2)34(23)55-15-9-13-40-36(50)25(3)22-54-14-8-7-12-39(38(52)53)18-29(46)32(35(56-39)33(49)30(47)19-41-37(27)51)42-31(48)21-45-20-28(43-44-45)26-10-5-4-6-11-26/h16-17,20,25-26,29-30,32-33,35,46-47,49H,4-15,18-19,21-22H2,1-3H3,(H,40,50)(H,41,51)(H,42,48)(H,52,53)/t25-,29+,30-,32-,33-,35-,39-/m1/s1. The molecule has 1 saturated carbocycles. The summed E-state index contributed by atoms with van der Waals surface area (Å²) in [5.41, 5.74) is 0.477. The molecule has 310 valence electrons. The quantitative estimate of drug-likeness (QED) is 0.226. The first-order valence-corrected chi connectivity index (χ1v) is 19.8. The Balaban J connectivity index is 1.34. The number of nitrogens with zero attached hydrogens (tertiary/aromatic N) is 3. The number of amides is 3. The summed E-state index contributed by atoms with van der Waals surface area (Å²) in [7, 11) is 0. The number of nitrogens with one attached hydrogen (secondary N) is 3. The van der Waals surface area contributed by atoms with Crippen LogP contribution in [0.3, 0.4) is 0 Å². The first-order chi connectivity index (χ1) is 26.8. The van der Waals surface area contributed by atoms with Crippen molar-refractivity contribution in [2.24, 2.45) is 5.92 Å². The second-order valence-electron chi connectivity index (χ2n) is 15.6. The summed E-state index contributed by atoms with van der Waals surface area (Å²) in [5, 5.41) is 61.3. The number of fused-ring (bicyclic) bond motifs is 18. The Hall–Kier alpha value is -4.16. The molecule has 3 amide bonds. The monoisotopic (exact) mass is 786 g/mol. The number of ether oxygens (including phenoxy) is 3. The van der Waals surface area contributed by atoms with Gasteiger partial charge in [0.05, 0.1) is 43.1 Å². The number of aliphatic carboxylic acids is 1. The van der Waals surface area contributed by atoms with E-state index in [1.165, 1.54) is 11.1 Å². The lowest BCUT2D eigenvalue weighted by Gasteiger charge is -2.47. The average molecular weight is 787 g/mol. The molecule has 6 rings (SSSR count). The normalized spacial score (nSPS) is 29.5. The van der Waals surface area contributed by atoms with Gasteiger partial charge in [0, 0.05) is 43.8 Å². The van der Waals surface area contributed by atoms with Crippen LogP contribution in [0.4, 0.5) is 0 Å². The molecule has 0 radical (unpaired) electrons. The van der Waals surface area contributed by atoms with Gasteiger partial charge < -0.3 is 50.6 Å². The van der Waals surface area contributed by atoms with E-state index < -0.39 is 72.7 Å². The minimum Gasteiger partial charge on any atom is -0.493 e. The number of hydrogen-bond donors (Lipinski definition) is 7. The fraction of sp³-hybridized carbons (Fsp3) is 0.692. The van der Waals surface area contributed by atoms with Gasteiger partial charge in [0.25, 0.3) is 5.91 Å². The first kappa shape index (κ1) is 43.0. The molecular weight excluding hydrogens is 728 g/mol. The molecule has 17 nitrogen and oxygen atoms in total. The number of aryl methyl sites for hydroxylation is 2. The highest BCUT2D eigenvalue weighted by Gasteiger charge is 2.54. The van der Waals surface area contributed by atoms with E-state index in [2.05, 4.69) is 26.3 Å². The number of hydrogen-bond acceptors (Lipinski definition) is 12. The molecule has 1 aliphatic carbocycles. The topological polar surface area (TPSA) is 244 Å². The SMILES string of the molecule is Cc1cc2cc(C)c1OCCCNC(=O)[C@H](C)COCCCC[C@]1(C(=O)O)C[C@H](O)[C@@H](NC(=O)Cn3cc(C4CCCCC4)nn3)[C@@H](O1)[C@H](O)[C@H](O)CNC2=O. The molecular formula is C39H58N6O11. The van der Waals surface area contributed by atoms with Gasteiger partial charge in [-0.15, -0.1) is 5.10 Å². The summed E-state index contributed by atoms with van der Waals surface area (Å²) in [4.78, 5) is 52.1. The largest absolute Gasteiger partial charge is 0.493 e.